The number of ketones is 5. The second kappa shape index (κ2) is 69.1. The number of rotatable bonds is 68. The van der Waals surface area contributed by atoms with Gasteiger partial charge in [-0.15, -0.1) is 0 Å². The summed E-state index contributed by atoms with van der Waals surface area (Å²) in [6.45, 7) is 24.5. The number of Topliss-reactive ketones (excluding diaryl/α,β-unsaturated/α-hetero) is 5. The Kier molecular flexibility index (Phi) is 65.7. The van der Waals surface area contributed by atoms with Crippen LogP contribution in [0.3, 0.4) is 0 Å². The van der Waals surface area contributed by atoms with Crippen molar-refractivity contribution >= 4 is 119 Å². The highest BCUT2D eigenvalue weighted by Crippen LogP contribution is 2.27. The van der Waals surface area contributed by atoms with Gasteiger partial charge in [0.15, 0.2) is 0 Å². The van der Waals surface area contributed by atoms with E-state index in [-0.39, 0.29) is 159 Å². The molecule has 0 aromatic heterocycles. The summed E-state index contributed by atoms with van der Waals surface area (Å²) >= 11 is 0. The van der Waals surface area contributed by atoms with Crippen molar-refractivity contribution < 1.29 is 160 Å². The van der Waals surface area contributed by atoms with Crippen molar-refractivity contribution in [3.8, 4) is 0 Å². The number of esters is 4. The monoisotopic (exact) mass is 1790 g/mol. The molecule has 0 saturated carbocycles. The van der Waals surface area contributed by atoms with Crippen LogP contribution in [0.1, 0.15) is 328 Å². The Morgan fingerprint density at radius 1 is 0.272 bits per heavy atom. The van der Waals surface area contributed by atoms with E-state index in [9.17, 15) is 106 Å². The van der Waals surface area contributed by atoms with Gasteiger partial charge in [-0.2, -0.15) is 0 Å². The zero-order chi connectivity index (χ0) is 95.7. The number of nitrogens with one attached hydrogen (secondary N) is 5. The van der Waals surface area contributed by atoms with Gasteiger partial charge in [0.2, 0.25) is 11.8 Å². The van der Waals surface area contributed by atoms with Crippen LogP contribution < -0.4 is 26.6 Å². The van der Waals surface area contributed by atoms with E-state index in [2.05, 4.69) is 26.6 Å². The summed E-state index contributed by atoms with van der Waals surface area (Å²) in [6.07, 6.45) is 6.50. The number of carbonyl (C=O) groups is 20. The van der Waals surface area contributed by atoms with E-state index in [1.54, 1.807) is 90.0 Å². The Balaban J connectivity index is -0.00000188. The molecule has 7 atom stereocenters. The summed E-state index contributed by atoms with van der Waals surface area (Å²) < 4.78 is 35.6. The van der Waals surface area contributed by atoms with Crippen molar-refractivity contribution in [1.82, 2.24) is 26.6 Å². The average molecular weight is 1790 g/mol. The number of aliphatic carboxylic acids is 6. The van der Waals surface area contributed by atoms with Gasteiger partial charge in [-0.3, -0.25) is 71.9 Å². The van der Waals surface area contributed by atoms with Crippen molar-refractivity contribution in [2.75, 3.05) is 46.1 Å². The summed E-state index contributed by atoms with van der Waals surface area (Å²) in [4.78, 5) is 240. The Bertz CT molecular complexity index is 3360. The lowest BCUT2D eigenvalue weighted by atomic mass is 9.85. The van der Waals surface area contributed by atoms with E-state index in [1.165, 1.54) is 0 Å². The summed E-state index contributed by atoms with van der Waals surface area (Å²) in [7, 11) is 0. The molecule has 0 rings (SSSR count). The van der Waals surface area contributed by atoms with Gasteiger partial charge in [0.25, 0.3) is 0 Å². The lowest BCUT2D eigenvalue weighted by molar-refractivity contribution is -0.152. The smallest absolute Gasteiger partial charge is 0.407 e. The van der Waals surface area contributed by atoms with Crippen LogP contribution in [0.2, 0.25) is 0 Å². The highest BCUT2D eigenvalue weighted by Gasteiger charge is 2.34. The quantitative estimate of drug-likeness (QED) is 0.0153. The highest BCUT2D eigenvalue weighted by atomic mass is 16.6. The van der Waals surface area contributed by atoms with Crippen molar-refractivity contribution in [2.24, 2.45) is 29.6 Å². The first-order valence-electron chi connectivity index (χ1n) is 43.6. The molecule has 7 unspecified atom stereocenters. The van der Waals surface area contributed by atoms with Crippen molar-refractivity contribution in [1.29, 1.82) is 0 Å². The van der Waals surface area contributed by atoms with Gasteiger partial charge in [-0.05, 0) is 173 Å². The molecule has 0 aliphatic heterocycles. The number of hydrogen-bond donors (Lipinski definition) is 11. The van der Waals surface area contributed by atoms with Crippen molar-refractivity contribution in [3.05, 3.63) is 0 Å². The van der Waals surface area contributed by atoms with Gasteiger partial charge < -0.3 is 90.4 Å². The number of carbonyl (C=O) groups excluding carboxylic acids is 14. The summed E-state index contributed by atoms with van der Waals surface area (Å²) in [5.41, 5.74) is -1.67. The van der Waals surface area contributed by atoms with E-state index in [0.717, 1.165) is 70.6 Å². The minimum absolute atomic E-state index is 0.0134. The molecule has 0 fully saturated rings. The molecular weight excluding hydrogens is 1640 g/mol. The van der Waals surface area contributed by atoms with Gasteiger partial charge in [-0.1, -0.05) is 57.8 Å². The molecule has 0 radical (unpaired) electrons. The molecule has 0 bridgehead atoms. The molecule has 0 aliphatic carbocycles. The molecule has 0 heterocycles. The third-order valence-corrected chi connectivity index (χ3v) is 18.4. The van der Waals surface area contributed by atoms with Gasteiger partial charge in [0, 0.05) is 128 Å². The van der Waals surface area contributed by atoms with Gasteiger partial charge >= 0.3 is 78.0 Å². The van der Waals surface area contributed by atoms with Crippen LogP contribution in [0.4, 0.5) is 14.4 Å². The van der Waals surface area contributed by atoms with E-state index in [0.29, 0.717) is 51.7 Å². The first kappa shape index (κ1) is 119. The minimum atomic E-state index is -1.47. The maximum atomic E-state index is 13.7. The normalized spacial score (nSPS) is 12.8. The Labute approximate surface area is 734 Å². The molecule has 125 heavy (non-hydrogen) atoms. The number of ether oxygens (including phenoxy) is 7. The number of alkyl carbamates (subject to hydrolysis) is 3. The number of amides is 5. The lowest BCUT2D eigenvalue weighted by Gasteiger charge is -2.20. The van der Waals surface area contributed by atoms with Crippen LogP contribution in [0.5, 0.6) is 0 Å². The van der Waals surface area contributed by atoms with Crippen molar-refractivity contribution in [2.45, 2.75) is 356 Å². The van der Waals surface area contributed by atoms with Crippen LogP contribution in [-0.2, 0) is 115 Å². The first-order chi connectivity index (χ1) is 58.5. The van der Waals surface area contributed by atoms with Crippen LogP contribution in [0.25, 0.3) is 0 Å². The molecule has 0 aliphatic rings. The maximum absolute atomic E-state index is 13.7. The second-order valence-corrected chi connectivity index (χ2v) is 33.2. The van der Waals surface area contributed by atoms with E-state index in [1.807, 2.05) is 0 Å². The third-order valence-electron chi connectivity index (χ3n) is 18.4. The molecule has 11 N–H and O–H groups in total. The largest absolute Gasteiger partial charge is 0.481 e. The minimum Gasteiger partial charge on any atom is -0.481 e. The Hall–Kier alpha value is -10.2. The van der Waals surface area contributed by atoms with Crippen LogP contribution >= 0.6 is 0 Å². The number of carboxylic acid groups (broad SMARTS) is 6. The van der Waals surface area contributed by atoms with Crippen molar-refractivity contribution in [3.63, 3.8) is 0 Å². The van der Waals surface area contributed by atoms with E-state index >= 15 is 0 Å². The zero-order valence-electron chi connectivity index (χ0n) is 75.9. The van der Waals surface area contributed by atoms with Gasteiger partial charge in [0.1, 0.15) is 57.8 Å². The summed E-state index contributed by atoms with van der Waals surface area (Å²) in [6, 6.07) is -2.59. The fraction of sp³-hybridized carbons (Fsp3) is 0.770. The molecular formula is C87H145N5O33. The molecule has 0 saturated heterocycles. The van der Waals surface area contributed by atoms with E-state index in [4.69, 9.17) is 53.6 Å². The predicted molar refractivity (Wildman–Crippen MR) is 452 cm³/mol. The molecule has 38 heteroatoms. The fourth-order valence-corrected chi connectivity index (χ4v) is 12.1. The zero-order valence-corrected chi connectivity index (χ0v) is 75.9. The molecule has 5 amide bonds. The number of hydrogen-bond acceptors (Lipinski definition) is 27. The molecule has 0 aromatic rings. The number of unbranched alkanes of at least 4 members (excludes halogenated alkanes) is 12. The lowest BCUT2D eigenvalue weighted by Crippen LogP contribution is -2.42. The SMILES string of the molecule is CC(C)(C)OC(=O)NCCCCCCCC(=O)CC(CCC(=O)NC(CCC(=O)O)C(=O)O)C(=O)CC(CCC(=O)O)C(=O)O.CC(C)(C)OC(=O)NCCCCCCCC(=O)CC(CCC(=O)O)C(=O)O.CCOC(=O)CCC(CC(=O)C(CCC(=O)NC(CCC(=O)OCC)C(=O)OCC)CC(=O)CCCCCCCNC(=O)OC(C)(C)C)C(=O)OCC. The van der Waals surface area contributed by atoms with Crippen LogP contribution in [0, 0.1) is 29.6 Å². The second-order valence-electron chi connectivity index (χ2n) is 33.2. The average Bonchev–Trinajstić information content (AvgIpc) is 0.883. The first-order valence-corrected chi connectivity index (χ1v) is 43.6. The Morgan fingerprint density at radius 3 is 0.872 bits per heavy atom. The summed E-state index contributed by atoms with van der Waals surface area (Å²) in [5.74, 6) is -18.0. The summed E-state index contributed by atoms with van der Waals surface area (Å²) in [5, 5.41) is 66.9. The number of carboxylic acids is 6. The third kappa shape index (κ3) is 71.7. The molecule has 716 valence electrons. The highest BCUT2D eigenvalue weighted by molar-refractivity contribution is 5.93. The molecule has 0 aromatic carbocycles. The topological polar surface area (TPSA) is 588 Å². The predicted octanol–water partition coefficient (Wildman–Crippen LogP) is 11.6. The van der Waals surface area contributed by atoms with Crippen LogP contribution in [0.15, 0.2) is 0 Å². The Morgan fingerprint density at radius 2 is 0.544 bits per heavy atom. The van der Waals surface area contributed by atoms with Gasteiger partial charge in [0.05, 0.1) is 44.2 Å². The molecule has 38 nitrogen and oxygen atoms in total. The standard InChI is InChI=1S/C38H64N2O13.C30H48N2O13.C19H33NO7/c1-8-49-33(44)22-19-28(35(46)51-10-3)26-31(42)27(18-21-32(43)40-30(36(47)52-11-4)20-23-34(45)50-9-2)25-29(41)17-15-13-12-14-16-24-39-37(48)53-38(5,6)7;1-30(2,3)45-29(44)31-16-8-6-4-5-7-9-21(33)17-19(23(34)18-20(27(40)41)11-14-25(36)37)10-13-24(35)32-22(28(42)43)12-15-26(38)39;1-19(2,3)27-18(26)20-12-8-6-4-5-7-9-15(21)13-14(17(24)25)10-11-16(22)23/h27-28,30H,8-26H2,1-7H3,(H,39,48)(H,40,43);19-20,22H,4-18H2,1-3H3,(H,31,44)(H,32,35)(H,36,37)(H,38,39)(H,40,41)(H,42,43);14H,4-13H2,1-3H3,(H,20,26)(H,22,23)(H,24,25). The van der Waals surface area contributed by atoms with E-state index < -0.39 is 179 Å². The van der Waals surface area contributed by atoms with Gasteiger partial charge in [-0.25, -0.2) is 24.0 Å². The maximum Gasteiger partial charge on any atom is 0.407 e. The molecule has 0 spiro atoms. The fourth-order valence-electron chi connectivity index (χ4n) is 12.1. The van der Waals surface area contributed by atoms with Crippen LogP contribution in [-0.4, -0.2) is 224 Å².